The van der Waals surface area contributed by atoms with Crippen LogP contribution >= 0.6 is 0 Å². The van der Waals surface area contributed by atoms with Crippen LogP contribution in [0.5, 0.6) is 5.75 Å². The highest BCUT2D eigenvalue weighted by Gasteiger charge is 2.20. The van der Waals surface area contributed by atoms with E-state index in [0.717, 1.165) is 58.2 Å². The third kappa shape index (κ3) is 5.83. The van der Waals surface area contributed by atoms with Crippen LogP contribution < -0.4 is 4.74 Å². The number of ether oxygens (including phenoxy) is 2. The molecule has 1 aliphatic rings. The SMILES string of the molecule is COC(=O)Cc1ccc2c(c1)/C(=C\CCN(C)C)c1cc(/C=C/C(=O)O)ccc1CO2. The summed E-state index contributed by atoms with van der Waals surface area (Å²) in [5, 5.41) is 8.97. The van der Waals surface area contributed by atoms with Crippen molar-refractivity contribution in [3.63, 3.8) is 0 Å². The molecule has 1 N–H and O–H groups in total. The molecule has 0 aliphatic carbocycles. The first-order valence-electron chi connectivity index (χ1n) is 10.1. The summed E-state index contributed by atoms with van der Waals surface area (Å²) >= 11 is 0. The zero-order chi connectivity index (χ0) is 22.4. The Bertz CT molecular complexity index is 1040. The van der Waals surface area contributed by atoms with Crippen LogP contribution in [0.3, 0.4) is 0 Å². The summed E-state index contributed by atoms with van der Waals surface area (Å²) in [4.78, 5) is 24.8. The second-order valence-electron chi connectivity index (χ2n) is 7.67. The van der Waals surface area contributed by atoms with Gasteiger partial charge < -0.3 is 19.5 Å². The van der Waals surface area contributed by atoms with Gasteiger partial charge in [0.05, 0.1) is 13.5 Å². The number of carbonyl (C=O) groups is 2. The number of hydrogen-bond donors (Lipinski definition) is 1. The molecule has 0 saturated heterocycles. The van der Waals surface area contributed by atoms with Gasteiger partial charge in [-0.05, 0) is 72.6 Å². The first-order chi connectivity index (χ1) is 14.9. The second-order valence-corrected chi connectivity index (χ2v) is 7.67. The molecule has 0 atom stereocenters. The van der Waals surface area contributed by atoms with Crippen LogP contribution in [0.25, 0.3) is 11.6 Å². The van der Waals surface area contributed by atoms with E-state index in [1.165, 1.54) is 7.11 Å². The van der Waals surface area contributed by atoms with Gasteiger partial charge in [-0.3, -0.25) is 4.79 Å². The molecule has 0 fully saturated rings. The number of carboxylic acid groups (broad SMARTS) is 1. The summed E-state index contributed by atoms with van der Waals surface area (Å²) in [5.41, 5.74) is 5.60. The van der Waals surface area contributed by atoms with Gasteiger partial charge in [-0.15, -0.1) is 0 Å². The lowest BCUT2D eigenvalue weighted by atomic mass is 9.90. The summed E-state index contributed by atoms with van der Waals surface area (Å²) in [7, 11) is 5.43. The number of carbonyl (C=O) groups excluding carboxylic acids is 1. The minimum Gasteiger partial charge on any atom is -0.488 e. The van der Waals surface area contributed by atoms with Crippen molar-refractivity contribution in [2.24, 2.45) is 0 Å². The van der Waals surface area contributed by atoms with Crippen molar-refractivity contribution in [3.05, 3.63) is 76.4 Å². The van der Waals surface area contributed by atoms with E-state index in [9.17, 15) is 9.59 Å². The van der Waals surface area contributed by atoms with Gasteiger partial charge in [-0.1, -0.05) is 24.3 Å². The highest BCUT2D eigenvalue weighted by Crippen LogP contribution is 2.38. The predicted molar refractivity (Wildman–Crippen MR) is 120 cm³/mol. The molecule has 2 aromatic carbocycles. The molecule has 3 rings (SSSR count). The molecule has 1 aliphatic heterocycles. The van der Waals surface area contributed by atoms with E-state index in [-0.39, 0.29) is 12.4 Å². The van der Waals surface area contributed by atoms with Crippen molar-refractivity contribution in [3.8, 4) is 5.75 Å². The summed E-state index contributed by atoms with van der Waals surface area (Å²) in [6.07, 6.45) is 5.91. The molecule has 0 unspecified atom stereocenters. The maximum absolute atomic E-state index is 11.8. The zero-order valence-electron chi connectivity index (χ0n) is 18.1. The van der Waals surface area contributed by atoms with Crippen LogP contribution in [-0.4, -0.2) is 49.7 Å². The number of methoxy groups -OCH3 is 1. The average molecular weight is 421 g/mol. The van der Waals surface area contributed by atoms with E-state index in [2.05, 4.69) is 11.0 Å². The Morgan fingerprint density at radius 2 is 1.97 bits per heavy atom. The van der Waals surface area contributed by atoms with Crippen LogP contribution in [0.15, 0.2) is 48.6 Å². The Hall–Kier alpha value is -3.38. The molecule has 0 radical (unpaired) electrons. The van der Waals surface area contributed by atoms with Gasteiger partial charge in [0.2, 0.25) is 0 Å². The van der Waals surface area contributed by atoms with E-state index in [1.54, 1.807) is 6.08 Å². The number of esters is 1. The molecule has 31 heavy (non-hydrogen) atoms. The Labute approximate surface area is 182 Å². The predicted octanol–water partition coefficient (Wildman–Crippen LogP) is 3.78. The van der Waals surface area contributed by atoms with E-state index in [0.29, 0.717) is 6.61 Å². The monoisotopic (exact) mass is 421 g/mol. The lowest BCUT2D eigenvalue weighted by molar-refractivity contribution is -0.139. The molecule has 0 spiro atoms. The van der Waals surface area contributed by atoms with Gasteiger partial charge >= 0.3 is 11.9 Å². The summed E-state index contributed by atoms with van der Waals surface area (Å²) in [5.74, 6) is -0.532. The third-order valence-corrected chi connectivity index (χ3v) is 5.06. The largest absolute Gasteiger partial charge is 0.488 e. The zero-order valence-corrected chi connectivity index (χ0v) is 18.1. The third-order valence-electron chi connectivity index (χ3n) is 5.06. The summed E-state index contributed by atoms with van der Waals surface area (Å²) in [6.45, 7) is 1.29. The Kier molecular flexibility index (Phi) is 7.26. The molecule has 6 nitrogen and oxygen atoms in total. The van der Waals surface area contributed by atoms with Crippen molar-refractivity contribution in [2.45, 2.75) is 19.4 Å². The van der Waals surface area contributed by atoms with Gasteiger partial charge in [0.1, 0.15) is 12.4 Å². The van der Waals surface area contributed by atoms with Crippen LogP contribution in [0.4, 0.5) is 0 Å². The number of carboxylic acids is 1. The molecule has 0 amide bonds. The topological polar surface area (TPSA) is 76.1 Å². The lowest BCUT2D eigenvalue weighted by Crippen LogP contribution is -2.12. The molecule has 0 saturated carbocycles. The second kappa shape index (κ2) is 10.1. The van der Waals surface area contributed by atoms with Crippen LogP contribution in [0.2, 0.25) is 0 Å². The normalized spacial score (nSPS) is 14.1. The molecule has 0 aromatic heterocycles. The van der Waals surface area contributed by atoms with Crippen LogP contribution in [-0.2, 0) is 27.4 Å². The maximum Gasteiger partial charge on any atom is 0.328 e. The summed E-state index contributed by atoms with van der Waals surface area (Å²) < 4.78 is 10.9. The molecular weight excluding hydrogens is 394 g/mol. The standard InChI is InChI=1S/C25H27NO5/c1-26(2)12-4-5-20-21-13-17(8-11-24(27)28)6-9-19(21)16-31-23-10-7-18(14-22(20)23)15-25(29)30-3/h5-11,13-14H,4,12,15-16H2,1-3H3,(H,27,28)/b11-8+,20-5-. The maximum atomic E-state index is 11.8. The number of fused-ring (bicyclic) bond motifs is 2. The lowest BCUT2D eigenvalue weighted by Gasteiger charge is -2.14. The van der Waals surface area contributed by atoms with Crippen molar-refractivity contribution >= 4 is 23.6 Å². The number of aliphatic carboxylic acids is 1. The van der Waals surface area contributed by atoms with E-state index in [1.807, 2.05) is 50.5 Å². The molecule has 0 bridgehead atoms. The number of benzene rings is 2. The van der Waals surface area contributed by atoms with Gasteiger partial charge in [0.25, 0.3) is 0 Å². The van der Waals surface area contributed by atoms with Crippen molar-refractivity contribution in [1.29, 1.82) is 0 Å². The van der Waals surface area contributed by atoms with E-state index in [4.69, 9.17) is 14.6 Å². The fourth-order valence-corrected chi connectivity index (χ4v) is 3.49. The van der Waals surface area contributed by atoms with Gasteiger partial charge in [-0.2, -0.15) is 0 Å². The molecule has 1 heterocycles. The first kappa shape index (κ1) is 22.3. The highest BCUT2D eigenvalue weighted by molar-refractivity contribution is 5.88. The minimum absolute atomic E-state index is 0.184. The molecule has 6 heteroatoms. The Balaban J connectivity index is 2.10. The van der Waals surface area contributed by atoms with Crippen molar-refractivity contribution in [1.82, 2.24) is 4.90 Å². The number of rotatable bonds is 7. The fraction of sp³-hybridized carbons (Fsp3) is 0.280. The van der Waals surface area contributed by atoms with Gasteiger partial charge in [-0.25, -0.2) is 4.79 Å². The van der Waals surface area contributed by atoms with Gasteiger partial charge in [0, 0.05) is 18.2 Å². The first-order valence-corrected chi connectivity index (χ1v) is 10.1. The Morgan fingerprint density at radius 1 is 1.16 bits per heavy atom. The molecule has 162 valence electrons. The number of hydrogen-bond acceptors (Lipinski definition) is 5. The van der Waals surface area contributed by atoms with Crippen molar-refractivity contribution in [2.75, 3.05) is 27.7 Å². The molecular formula is C25H27NO5. The highest BCUT2D eigenvalue weighted by atomic mass is 16.5. The quantitative estimate of drug-likeness (QED) is 0.542. The Morgan fingerprint density at radius 3 is 2.68 bits per heavy atom. The van der Waals surface area contributed by atoms with Crippen molar-refractivity contribution < 1.29 is 24.2 Å². The van der Waals surface area contributed by atoms with Gasteiger partial charge in [0.15, 0.2) is 0 Å². The molecule has 2 aromatic rings. The number of nitrogens with zero attached hydrogens (tertiary/aromatic N) is 1. The smallest absolute Gasteiger partial charge is 0.328 e. The van der Waals surface area contributed by atoms with Crippen LogP contribution in [0, 0.1) is 0 Å². The van der Waals surface area contributed by atoms with E-state index < -0.39 is 5.97 Å². The average Bonchev–Trinajstić information content (AvgIpc) is 2.88. The van der Waals surface area contributed by atoms with Crippen LogP contribution in [0.1, 0.15) is 34.2 Å². The van der Waals surface area contributed by atoms with E-state index >= 15 is 0 Å². The fourth-order valence-electron chi connectivity index (χ4n) is 3.49. The minimum atomic E-state index is -0.988. The summed E-state index contributed by atoms with van der Waals surface area (Å²) in [6, 6.07) is 11.6.